The number of rotatable bonds is 7. The molecular weight excluding hydrogens is 400 g/mol. The van der Waals surface area contributed by atoms with Crippen molar-refractivity contribution in [2.24, 2.45) is 0 Å². The normalized spacial score (nSPS) is 16.7. The Bertz CT molecular complexity index is 997. The van der Waals surface area contributed by atoms with Crippen LogP contribution in [0.4, 0.5) is 0 Å². The van der Waals surface area contributed by atoms with Crippen LogP contribution in [0.2, 0.25) is 5.02 Å². The SMILES string of the molecule is CCCCc1cc(C(=O)N2CCC[C@@H](c3ncc(Cc4ccccc4Cl)o3)C2)n[nH]1. The minimum Gasteiger partial charge on any atom is -0.445 e. The third-order valence-corrected chi connectivity index (χ3v) is 5.97. The number of aromatic nitrogens is 3. The summed E-state index contributed by atoms with van der Waals surface area (Å²) < 4.78 is 6.03. The Morgan fingerprint density at radius 3 is 3.07 bits per heavy atom. The highest BCUT2D eigenvalue weighted by Gasteiger charge is 2.29. The van der Waals surface area contributed by atoms with Crippen LogP contribution in [0.1, 0.15) is 71.9 Å². The molecule has 0 unspecified atom stereocenters. The molecule has 3 heterocycles. The van der Waals surface area contributed by atoms with Gasteiger partial charge >= 0.3 is 0 Å². The molecule has 1 atom stereocenters. The molecule has 0 radical (unpaired) electrons. The molecule has 1 aromatic carbocycles. The number of aryl methyl sites for hydroxylation is 1. The van der Waals surface area contributed by atoms with Crippen molar-refractivity contribution in [1.29, 1.82) is 0 Å². The first-order valence-corrected chi connectivity index (χ1v) is 11.0. The monoisotopic (exact) mass is 426 g/mol. The first kappa shape index (κ1) is 20.7. The highest BCUT2D eigenvalue weighted by Crippen LogP contribution is 2.28. The van der Waals surface area contributed by atoms with Crippen LogP contribution < -0.4 is 0 Å². The lowest BCUT2D eigenvalue weighted by Crippen LogP contribution is -2.39. The van der Waals surface area contributed by atoms with Crippen LogP contribution in [0, 0.1) is 0 Å². The fraction of sp³-hybridized carbons (Fsp3) is 0.435. The Hall–Kier alpha value is -2.60. The topological polar surface area (TPSA) is 75.0 Å². The van der Waals surface area contributed by atoms with Gasteiger partial charge in [0.05, 0.1) is 12.1 Å². The summed E-state index contributed by atoms with van der Waals surface area (Å²) in [7, 11) is 0. The van der Waals surface area contributed by atoms with Gasteiger partial charge in [-0.15, -0.1) is 0 Å². The van der Waals surface area contributed by atoms with Gasteiger partial charge in [0.25, 0.3) is 5.91 Å². The lowest BCUT2D eigenvalue weighted by Gasteiger charge is -2.30. The van der Waals surface area contributed by atoms with Crippen molar-refractivity contribution >= 4 is 17.5 Å². The molecule has 1 fully saturated rings. The van der Waals surface area contributed by atoms with Gasteiger partial charge in [-0.2, -0.15) is 5.10 Å². The van der Waals surface area contributed by atoms with E-state index in [4.69, 9.17) is 16.0 Å². The maximum atomic E-state index is 12.9. The summed E-state index contributed by atoms with van der Waals surface area (Å²) in [6.45, 7) is 3.49. The number of likely N-dealkylation sites (tertiary alicyclic amines) is 1. The van der Waals surface area contributed by atoms with Gasteiger partial charge in [-0.05, 0) is 43.4 Å². The standard InChI is InChI=1S/C23H27ClN4O2/c1-2-3-9-18-13-21(27-26-18)23(29)28-11-6-8-17(15-28)22-25-14-19(30-22)12-16-7-4-5-10-20(16)24/h4-5,7,10,13-14,17H,2-3,6,8-9,11-12,15H2,1H3,(H,26,27)/t17-/m1/s1. The van der Waals surface area contributed by atoms with E-state index in [1.807, 2.05) is 35.2 Å². The Morgan fingerprint density at radius 2 is 2.23 bits per heavy atom. The maximum Gasteiger partial charge on any atom is 0.274 e. The number of hydrogen-bond donors (Lipinski definition) is 1. The van der Waals surface area contributed by atoms with E-state index < -0.39 is 0 Å². The van der Waals surface area contributed by atoms with E-state index >= 15 is 0 Å². The van der Waals surface area contributed by atoms with Crippen molar-refractivity contribution in [2.75, 3.05) is 13.1 Å². The van der Waals surface area contributed by atoms with Gasteiger partial charge in [0.2, 0.25) is 0 Å². The molecule has 0 spiro atoms. The molecule has 1 N–H and O–H groups in total. The maximum absolute atomic E-state index is 12.9. The van der Waals surface area contributed by atoms with Crippen molar-refractivity contribution in [3.05, 3.63) is 70.2 Å². The fourth-order valence-electron chi connectivity index (χ4n) is 3.91. The van der Waals surface area contributed by atoms with Crippen molar-refractivity contribution in [2.45, 2.75) is 51.4 Å². The zero-order valence-corrected chi connectivity index (χ0v) is 18.0. The second kappa shape index (κ2) is 9.47. The zero-order chi connectivity index (χ0) is 20.9. The van der Waals surface area contributed by atoms with E-state index in [2.05, 4.69) is 22.1 Å². The van der Waals surface area contributed by atoms with E-state index in [-0.39, 0.29) is 11.8 Å². The summed E-state index contributed by atoms with van der Waals surface area (Å²) in [5, 5.41) is 7.95. The number of aromatic amines is 1. The predicted octanol–water partition coefficient (Wildman–Crippen LogP) is 5.00. The van der Waals surface area contributed by atoms with Crippen molar-refractivity contribution in [3.63, 3.8) is 0 Å². The van der Waals surface area contributed by atoms with Crippen molar-refractivity contribution < 1.29 is 9.21 Å². The van der Waals surface area contributed by atoms with Crippen LogP contribution in [0.25, 0.3) is 0 Å². The second-order valence-electron chi connectivity index (χ2n) is 7.91. The van der Waals surface area contributed by atoms with Crippen LogP contribution in [-0.4, -0.2) is 39.1 Å². The summed E-state index contributed by atoms with van der Waals surface area (Å²) in [4.78, 5) is 19.3. The van der Waals surface area contributed by atoms with Crippen LogP contribution in [-0.2, 0) is 12.8 Å². The van der Waals surface area contributed by atoms with E-state index in [1.165, 1.54) is 0 Å². The molecule has 1 amide bonds. The lowest BCUT2D eigenvalue weighted by atomic mass is 9.97. The Morgan fingerprint density at radius 1 is 1.37 bits per heavy atom. The molecule has 1 aliphatic rings. The smallest absolute Gasteiger partial charge is 0.274 e. The van der Waals surface area contributed by atoms with Gasteiger partial charge in [-0.25, -0.2) is 4.98 Å². The summed E-state index contributed by atoms with van der Waals surface area (Å²) in [6.07, 6.45) is 7.38. The number of amides is 1. The lowest BCUT2D eigenvalue weighted by molar-refractivity contribution is 0.0692. The van der Waals surface area contributed by atoms with E-state index in [0.717, 1.165) is 60.7 Å². The number of nitrogens with one attached hydrogen (secondary N) is 1. The number of H-pyrrole nitrogens is 1. The minimum atomic E-state index is -0.0263. The number of oxazole rings is 1. The highest BCUT2D eigenvalue weighted by molar-refractivity contribution is 6.31. The molecule has 0 saturated carbocycles. The second-order valence-corrected chi connectivity index (χ2v) is 8.31. The van der Waals surface area contributed by atoms with Crippen LogP contribution in [0.15, 0.2) is 40.9 Å². The van der Waals surface area contributed by atoms with E-state index in [1.54, 1.807) is 6.20 Å². The zero-order valence-electron chi connectivity index (χ0n) is 17.2. The average Bonchev–Trinajstić information content (AvgIpc) is 3.43. The summed E-state index contributed by atoms with van der Waals surface area (Å²) in [6, 6.07) is 9.63. The Labute approximate surface area is 181 Å². The van der Waals surface area contributed by atoms with E-state index in [0.29, 0.717) is 24.6 Å². The number of carbonyl (C=O) groups is 1. The number of nitrogens with zero attached hydrogens (tertiary/aromatic N) is 3. The average molecular weight is 427 g/mol. The molecule has 7 heteroatoms. The number of carbonyl (C=O) groups excluding carboxylic acids is 1. The number of piperidine rings is 1. The Balaban J connectivity index is 1.40. The first-order chi connectivity index (χ1) is 14.6. The summed E-state index contributed by atoms with van der Waals surface area (Å²) in [5.41, 5.74) is 2.53. The van der Waals surface area contributed by atoms with Gasteiger partial charge in [0.15, 0.2) is 5.89 Å². The van der Waals surface area contributed by atoms with Crippen LogP contribution in [0.5, 0.6) is 0 Å². The molecule has 1 saturated heterocycles. The largest absolute Gasteiger partial charge is 0.445 e. The molecule has 4 rings (SSSR count). The fourth-order valence-corrected chi connectivity index (χ4v) is 4.12. The van der Waals surface area contributed by atoms with Gasteiger partial charge in [0.1, 0.15) is 11.5 Å². The third-order valence-electron chi connectivity index (χ3n) is 5.60. The van der Waals surface area contributed by atoms with E-state index in [9.17, 15) is 4.79 Å². The van der Waals surface area contributed by atoms with Gasteiger partial charge in [-0.3, -0.25) is 9.89 Å². The minimum absolute atomic E-state index is 0.0263. The number of hydrogen-bond acceptors (Lipinski definition) is 4. The quantitative estimate of drug-likeness (QED) is 0.576. The van der Waals surface area contributed by atoms with Gasteiger partial charge < -0.3 is 9.32 Å². The third kappa shape index (κ3) is 4.75. The summed E-state index contributed by atoms with van der Waals surface area (Å²) in [5.74, 6) is 1.55. The molecule has 3 aromatic rings. The molecule has 30 heavy (non-hydrogen) atoms. The van der Waals surface area contributed by atoms with Crippen molar-refractivity contribution in [1.82, 2.24) is 20.1 Å². The van der Waals surface area contributed by atoms with Crippen LogP contribution >= 0.6 is 11.6 Å². The molecular formula is C23H27ClN4O2. The molecule has 1 aliphatic heterocycles. The predicted molar refractivity (Wildman–Crippen MR) is 116 cm³/mol. The van der Waals surface area contributed by atoms with Gasteiger partial charge in [0, 0.05) is 30.2 Å². The van der Waals surface area contributed by atoms with Gasteiger partial charge in [-0.1, -0.05) is 43.1 Å². The number of benzene rings is 1. The first-order valence-electron chi connectivity index (χ1n) is 10.7. The molecule has 158 valence electrons. The number of unbranched alkanes of at least 4 members (excludes halogenated alkanes) is 1. The van der Waals surface area contributed by atoms with Crippen molar-refractivity contribution in [3.8, 4) is 0 Å². The molecule has 0 bridgehead atoms. The number of halogens is 1. The molecule has 2 aromatic heterocycles. The van der Waals surface area contributed by atoms with Crippen LogP contribution in [0.3, 0.4) is 0 Å². The highest BCUT2D eigenvalue weighted by atomic mass is 35.5. The Kier molecular flexibility index (Phi) is 6.53. The molecule has 0 aliphatic carbocycles. The molecule has 6 nitrogen and oxygen atoms in total. The summed E-state index contributed by atoms with van der Waals surface area (Å²) >= 11 is 6.26.